The number of nitrogens with zero attached hydrogens (tertiary/aromatic N) is 5. The van der Waals surface area contributed by atoms with E-state index in [1.54, 1.807) is 13.1 Å². The lowest BCUT2D eigenvalue weighted by Crippen LogP contribution is -2.43. The van der Waals surface area contributed by atoms with Crippen LogP contribution in [0.1, 0.15) is 31.2 Å². The zero-order valence-corrected chi connectivity index (χ0v) is 16.1. The summed E-state index contributed by atoms with van der Waals surface area (Å²) in [5.41, 5.74) is 0.102. The summed E-state index contributed by atoms with van der Waals surface area (Å²) in [7, 11) is 0. The van der Waals surface area contributed by atoms with Crippen molar-refractivity contribution in [3.8, 4) is 0 Å². The summed E-state index contributed by atoms with van der Waals surface area (Å²) in [5.74, 6) is -0.994. The quantitative estimate of drug-likeness (QED) is 0.696. The van der Waals surface area contributed by atoms with E-state index in [1.165, 1.54) is 11.3 Å². The molecule has 4 heterocycles. The van der Waals surface area contributed by atoms with Crippen LogP contribution in [0.15, 0.2) is 29.2 Å². The molecule has 10 heteroatoms. The number of carbonyl (C=O) groups is 1. The molecule has 1 amide bonds. The fourth-order valence-electron chi connectivity index (χ4n) is 3.27. The number of aromatic nitrogens is 4. The smallest absolute Gasteiger partial charge is 0.311 e. The Morgan fingerprint density at radius 3 is 3.04 bits per heavy atom. The van der Waals surface area contributed by atoms with Crippen LogP contribution in [0.5, 0.6) is 0 Å². The van der Waals surface area contributed by atoms with Gasteiger partial charge in [-0.3, -0.25) is 14.6 Å². The van der Waals surface area contributed by atoms with Gasteiger partial charge in [-0.15, -0.1) is 5.10 Å². The highest BCUT2D eigenvalue weighted by molar-refractivity contribution is 7.20. The topological polar surface area (TPSA) is 92.5 Å². The number of amides is 1. The average molecular weight is 402 g/mol. The van der Waals surface area contributed by atoms with Gasteiger partial charge >= 0.3 is 5.56 Å². The molecule has 0 radical (unpaired) electrons. The molecule has 3 aromatic rings. The number of hydrogen-bond donors (Lipinski definition) is 1. The predicted molar refractivity (Wildman–Crippen MR) is 103 cm³/mol. The lowest BCUT2D eigenvalue weighted by atomic mass is 10.2. The molecule has 8 nitrogen and oxygen atoms in total. The maximum atomic E-state index is 14.1. The minimum absolute atomic E-state index is 0.122. The third-order valence-corrected chi connectivity index (χ3v) is 5.66. The number of fused-ring (bicyclic) bond motifs is 1. The van der Waals surface area contributed by atoms with E-state index in [9.17, 15) is 14.0 Å². The van der Waals surface area contributed by atoms with Crippen molar-refractivity contribution >= 4 is 27.3 Å². The molecule has 1 aliphatic heterocycles. The number of rotatable bonds is 5. The summed E-state index contributed by atoms with van der Waals surface area (Å²) < 4.78 is 15.1. The Balaban J connectivity index is 1.57. The van der Waals surface area contributed by atoms with Gasteiger partial charge in [0, 0.05) is 12.7 Å². The van der Waals surface area contributed by atoms with Gasteiger partial charge in [-0.2, -0.15) is 8.91 Å². The number of nitrogens with one attached hydrogen (secondary N) is 1. The maximum absolute atomic E-state index is 14.1. The fraction of sp³-hybridized carbons (Fsp3) is 0.389. The highest BCUT2D eigenvalue weighted by Gasteiger charge is 2.33. The fourth-order valence-corrected chi connectivity index (χ4v) is 4.26. The zero-order chi connectivity index (χ0) is 19.7. The van der Waals surface area contributed by atoms with Crippen molar-refractivity contribution in [3.05, 3.63) is 52.0 Å². The number of aryl methyl sites for hydroxylation is 1. The van der Waals surface area contributed by atoms with Crippen molar-refractivity contribution in [2.45, 2.75) is 38.8 Å². The molecule has 0 aliphatic carbocycles. The summed E-state index contributed by atoms with van der Waals surface area (Å²) in [6.07, 6.45) is 3.52. The van der Waals surface area contributed by atoms with Gasteiger partial charge in [-0.1, -0.05) is 24.3 Å². The van der Waals surface area contributed by atoms with Gasteiger partial charge in [0.1, 0.15) is 6.04 Å². The standard InChI is InChI=1S/C18H19FN6O2S/c1-2-12-14(19)16(27)25-17(22-12)28-18(23-25)24-9-5-7-13(24)15(26)21-10-11-6-3-4-8-20-11/h3-4,6,8,13H,2,5,7,9-10H2,1H3,(H,21,26)/t13-/m1/s1. The maximum Gasteiger partial charge on any atom is 0.311 e. The van der Waals surface area contributed by atoms with Gasteiger partial charge in [0.15, 0.2) is 0 Å². The molecule has 3 aromatic heterocycles. The van der Waals surface area contributed by atoms with Gasteiger partial charge in [0.05, 0.1) is 17.9 Å². The van der Waals surface area contributed by atoms with Gasteiger partial charge < -0.3 is 10.2 Å². The summed E-state index contributed by atoms with van der Waals surface area (Å²) in [6, 6.07) is 5.14. The zero-order valence-electron chi connectivity index (χ0n) is 15.3. The summed E-state index contributed by atoms with van der Waals surface area (Å²) in [4.78, 5) is 35.5. The Kier molecular flexibility index (Phi) is 5.03. The van der Waals surface area contributed by atoms with Crippen LogP contribution in [-0.2, 0) is 17.8 Å². The van der Waals surface area contributed by atoms with E-state index in [0.29, 0.717) is 36.0 Å². The first-order valence-corrected chi connectivity index (χ1v) is 9.92. The first-order chi connectivity index (χ1) is 13.6. The van der Waals surface area contributed by atoms with Crippen LogP contribution in [0.25, 0.3) is 4.96 Å². The normalized spacial score (nSPS) is 16.6. The first-order valence-electron chi connectivity index (χ1n) is 9.11. The van der Waals surface area contributed by atoms with Gasteiger partial charge in [-0.25, -0.2) is 4.98 Å². The van der Waals surface area contributed by atoms with Crippen LogP contribution in [0.2, 0.25) is 0 Å². The summed E-state index contributed by atoms with van der Waals surface area (Å²) in [6.45, 7) is 2.72. The van der Waals surface area contributed by atoms with Crippen molar-refractivity contribution < 1.29 is 9.18 Å². The van der Waals surface area contributed by atoms with Crippen molar-refractivity contribution in [1.29, 1.82) is 0 Å². The second-order valence-corrected chi connectivity index (χ2v) is 7.43. The Bertz CT molecular complexity index is 1070. The molecule has 0 spiro atoms. The van der Waals surface area contributed by atoms with Gasteiger partial charge in [0.25, 0.3) is 0 Å². The van der Waals surface area contributed by atoms with E-state index >= 15 is 0 Å². The molecule has 146 valence electrons. The van der Waals surface area contributed by atoms with E-state index in [0.717, 1.165) is 16.6 Å². The Morgan fingerprint density at radius 1 is 1.43 bits per heavy atom. The molecule has 1 aliphatic rings. The molecule has 4 rings (SSSR count). The predicted octanol–water partition coefficient (Wildman–Crippen LogP) is 1.53. The second kappa shape index (κ2) is 7.63. The lowest BCUT2D eigenvalue weighted by Gasteiger charge is -2.22. The van der Waals surface area contributed by atoms with E-state index in [4.69, 9.17) is 0 Å². The third-order valence-electron chi connectivity index (χ3n) is 4.72. The molecule has 1 atom stereocenters. The third kappa shape index (κ3) is 3.35. The number of hydrogen-bond acceptors (Lipinski definition) is 7. The number of halogens is 1. The Morgan fingerprint density at radius 2 is 2.29 bits per heavy atom. The van der Waals surface area contributed by atoms with Gasteiger partial charge in [0.2, 0.25) is 21.8 Å². The van der Waals surface area contributed by atoms with Gasteiger partial charge in [-0.05, 0) is 31.4 Å². The average Bonchev–Trinajstić information content (AvgIpc) is 3.36. The number of pyridine rings is 1. The van der Waals surface area contributed by atoms with Crippen LogP contribution in [0, 0.1) is 5.82 Å². The first kappa shape index (κ1) is 18.5. The van der Waals surface area contributed by atoms with Crippen molar-refractivity contribution in [1.82, 2.24) is 24.9 Å². The Hall–Kier alpha value is -2.88. The molecule has 0 saturated carbocycles. The molecule has 0 bridgehead atoms. The second-order valence-electron chi connectivity index (χ2n) is 6.50. The van der Waals surface area contributed by atoms with Crippen LogP contribution in [-0.4, -0.2) is 38.1 Å². The van der Waals surface area contributed by atoms with Crippen molar-refractivity contribution in [2.75, 3.05) is 11.4 Å². The molecule has 28 heavy (non-hydrogen) atoms. The van der Waals surface area contributed by atoms with E-state index in [2.05, 4.69) is 20.4 Å². The van der Waals surface area contributed by atoms with Crippen LogP contribution >= 0.6 is 11.3 Å². The number of carbonyl (C=O) groups excluding carboxylic acids is 1. The molecular formula is C18H19FN6O2S. The lowest BCUT2D eigenvalue weighted by molar-refractivity contribution is -0.122. The molecule has 0 unspecified atom stereocenters. The highest BCUT2D eigenvalue weighted by Crippen LogP contribution is 2.29. The minimum atomic E-state index is -0.872. The molecule has 1 saturated heterocycles. The highest BCUT2D eigenvalue weighted by atomic mass is 32.1. The van der Waals surface area contributed by atoms with Crippen molar-refractivity contribution in [2.24, 2.45) is 0 Å². The largest absolute Gasteiger partial charge is 0.349 e. The van der Waals surface area contributed by atoms with E-state index < -0.39 is 17.4 Å². The van der Waals surface area contributed by atoms with Crippen LogP contribution in [0.3, 0.4) is 0 Å². The molecule has 0 aromatic carbocycles. The van der Waals surface area contributed by atoms with E-state index in [1.807, 2.05) is 23.1 Å². The van der Waals surface area contributed by atoms with E-state index in [-0.39, 0.29) is 11.6 Å². The van der Waals surface area contributed by atoms with Crippen molar-refractivity contribution in [3.63, 3.8) is 0 Å². The summed E-state index contributed by atoms with van der Waals surface area (Å²) in [5, 5.41) is 7.63. The SMILES string of the molecule is CCc1nc2sc(N3CCC[C@@H]3C(=O)NCc3ccccn3)nn2c(=O)c1F. The monoisotopic (exact) mass is 402 g/mol. The molecule has 1 N–H and O–H groups in total. The summed E-state index contributed by atoms with van der Waals surface area (Å²) >= 11 is 1.19. The van der Waals surface area contributed by atoms with Crippen LogP contribution in [0.4, 0.5) is 9.52 Å². The minimum Gasteiger partial charge on any atom is -0.349 e. The Labute approximate surface area is 164 Å². The molecule has 1 fully saturated rings. The molecular weight excluding hydrogens is 383 g/mol. The number of anilines is 1. The van der Waals surface area contributed by atoms with Crippen LogP contribution < -0.4 is 15.8 Å².